The van der Waals surface area contributed by atoms with E-state index in [1.54, 1.807) is 19.4 Å². The number of carbonyl (C=O) groups is 2. The highest BCUT2D eigenvalue weighted by Gasteiger charge is 2.27. The molecule has 19 heavy (non-hydrogen) atoms. The van der Waals surface area contributed by atoms with Gasteiger partial charge in [-0.2, -0.15) is 0 Å². The van der Waals surface area contributed by atoms with Crippen LogP contribution in [0.15, 0.2) is 5.51 Å². The summed E-state index contributed by atoms with van der Waals surface area (Å²) in [6.45, 7) is 9.23. The van der Waals surface area contributed by atoms with Gasteiger partial charge in [0.2, 0.25) is 0 Å². The SMILES string of the molecule is CC(NC(=O)c1scnc1C(C)(C)C)C(C)C(=O)O. The van der Waals surface area contributed by atoms with Crippen molar-refractivity contribution in [2.75, 3.05) is 0 Å². The maximum Gasteiger partial charge on any atom is 0.308 e. The molecule has 1 aromatic rings. The first-order chi connectivity index (χ1) is 8.64. The molecule has 5 nitrogen and oxygen atoms in total. The molecule has 2 atom stereocenters. The van der Waals surface area contributed by atoms with Gasteiger partial charge >= 0.3 is 5.97 Å². The number of thiazole rings is 1. The maximum atomic E-state index is 12.2. The number of nitrogens with one attached hydrogen (secondary N) is 1. The summed E-state index contributed by atoms with van der Waals surface area (Å²) < 4.78 is 0. The number of carbonyl (C=O) groups excluding carboxylic acids is 1. The first-order valence-corrected chi connectivity index (χ1v) is 7.00. The van der Waals surface area contributed by atoms with E-state index in [-0.39, 0.29) is 11.3 Å². The third-order valence-electron chi connectivity index (χ3n) is 2.98. The molecule has 2 N–H and O–H groups in total. The van der Waals surface area contributed by atoms with Crippen molar-refractivity contribution >= 4 is 23.2 Å². The van der Waals surface area contributed by atoms with E-state index in [0.29, 0.717) is 4.88 Å². The van der Waals surface area contributed by atoms with E-state index in [0.717, 1.165) is 5.69 Å². The average molecular weight is 284 g/mol. The summed E-state index contributed by atoms with van der Waals surface area (Å²) in [6, 6.07) is -0.431. The maximum absolute atomic E-state index is 12.2. The van der Waals surface area contributed by atoms with E-state index in [1.807, 2.05) is 20.8 Å². The van der Waals surface area contributed by atoms with Crippen molar-refractivity contribution < 1.29 is 14.7 Å². The van der Waals surface area contributed by atoms with Crippen LogP contribution < -0.4 is 5.32 Å². The minimum Gasteiger partial charge on any atom is -0.481 e. The molecule has 1 heterocycles. The minimum atomic E-state index is -0.923. The number of nitrogens with zero attached hydrogens (tertiary/aromatic N) is 1. The van der Waals surface area contributed by atoms with Crippen LogP contribution in [-0.2, 0) is 10.2 Å². The van der Waals surface area contributed by atoms with Crippen LogP contribution in [0.4, 0.5) is 0 Å². The molecule has 106 valence electrons. The Bertz CT molecular complexity index is 476. The highest BCUT2D eigenvalue weighted by molar-refractivity contribution is 7.11. The second-order valence-corrected chi connectivity index (χ2v) is 6.52. The van der Waals surface area contributed by atoms with Crippen LogP contribution >= 0.6 is 11.3 Å². The van der Waals surface area contributed by atoms with Gasteiger partial charge in [0.05, 0.1) is 17.1 Å². The molecular formula is C13H20N2O3S. The molecule has 0 aliphatic carbocycles. The Hall–Kier alpha value is -1.43. The molecule has 0 aliphatic heterocycles. The molecular weight excluding hydrogens is 264 g/mol. The van der Waals surface area contributed by atoms with Crippen molar-refractivity contribution in [3.63, 3.8) is 0 Å². The zero-order chi connectivity index (χ0) is 14.8. The number of hydrogen-bond acceptors (Lipinski definition) is 4. The van der Waals surface area contributed by atoms with Gasteiger partial charge in [0.15, 0.2) is 0 Å². The van der Waals surface area contributed by atoms with E-state index in [9.17, 15) is 9.59 Å². The zero-order valence-corrected chi connectivity index (χ0v) is 12.7. The lowest BCUT2D eigenvalue weighted by molar-refractivity contribution is -0.141. The molecule has 0 fully saturated rings. The number of carboxylic acids is 1. The van der Waals surface area contributed by atoms with Gasteiger partial charge < -0.3 is 10.4 Å². The lowest BCUT2D eigenvalue weighted by atomic mass is 9.91. The van der Waals surface area contributed by atoms with Crippen LogP contribution in [0.3, 0.4) is 0 Å². The Kier molecular flexibility index (Phi) is 4.68. The van der Waals surface area contributed by atoms with Gasteiger partial charge in [0.25, 0.3) is 5.91 Å². The lowest BCUT2D eigenvalue weighted by Crippen LogP contribution is -2.40. The lowest BCUT2D eigenvalue weighted by Gasteiger charge is -2.20. The second kappa shape index (κ2) is 5.69. The predicted molar refractivity (Wildman–Crippen MR) is 74.5 cm³/mol. The van der Waals surface area contributed by atoms with Crippen LogP contribution in [0, 0.1) is 5.92 Å². The average Bonchev–Trinajstić information content (AvgIpc) is 2.75. The van der Waals surface area contributed by atoms with Crippen molar-refractivity contribution in [3.05, 3.63) is 16.1 Å². The largest absolute Gasteiger partial charge is 0.481 e. The summed E-state index contributed by atoms with van der Waals surface area (Å²) in [6.07, 6.45) is 0. The first-order valence-electron chi connectivity index (χ1n) is 6.12. The van der Waals surface area contributed by atoms with Crippen LogP contribution in [-0.4, -0.2) is 28.0 Å². The fourth-order valence-electron chi connectivity index (χ4n) is 1.55. The first kappa shape index (κ1) is 15.6. The van der Waals surface area contributed by atoms with Crippen molar-refractivity contribution in [2.45, 2.75) is 46.1 Å². The van der Waals surface area contributed by atoms with Crippen molar-refractivity contribution in [3.8, 4) is 0 Å². The van der Waals surface area contributed by atoms with Crippen LogP contribution in [0.25, 0.3) is 0 Å². The van der Waals surface area contributed by atoms with Gasteiger partial charge in [0.1, 0.15) is 4.88 Å². The summed E-state index contributed by atoms with van der Waals surface area (Å²) in [4.78, 5) is 27.8. The molecule has 0 bridgehead atoms. The Morgan fingerprint density at radius 1 is 1.37 bits per heavy atom. The van der Waals surface area contributed by atoms with Crippen molar-refractivity contribution in [1.29, 1.82) is 0 Å². The number of rotatable bonds is 4. The summed E-state index contributed by atoms with van der Waals surface area (Å²) in [7, 11) is 0. The topological polar surface area (TPSA) is 79.3 Å². The smallest absolute Gasteiger partial charge is 0.308 e. The van der Waals surface area contributed by atoms with Gasteiger partial charge in [-0.15, -0.1) is 11.3 Å². The minimum absolute atomic E-state index is 0.214. The monoisotopic (exact) mass is 284 g/mol. The fraction of sp³-hybridized carbons (Fsp3) is 0.615. The highest BCUT2D eigenvalue weighted by Crippen LogP contribution is 2.27. The molecule has 0 saturated heterocycles. The van der Waals surface area contributed by atoms with E-state index >= 15 is 0 Å². The molecule has 0 radical (unpaired) electrons. The number of aliphatic carboxylic acids is 1. The Balaban J connectivity index is 2.86. The molecule has 0 aromatic carbocycles. The molecule has 6 heteroatoms. The predicted octanol–water partition coefficient (Wildman–Crippen LogP) is 2.28. The third kappa shape index (κ3) is 3.76. The van der Waals surface area contributed by atoms with Gasteiger partial charge in [-0.25, -0.2) is 4.98 Å². The normalized spacial score (nSPS) is 14.8. The highest BCUT2D eigenvalue weighted by atomic mass is 32.1. The van der Waals surface area contributed by atoms with Gasteiger partial charge in [-0.05, 0) is 13.8 Å². The summed E-state index contributed by atoms with van der Waals surface area (Å²) >= 11 is 1.28. The number of amides is 1. The molecule has 1 amide bonds. The fourth-order valence-corrected chi connectivity index (χ4v) is 2.45. The second-order valence-electron chi connectivity index (χ2n) is 5.67. The van der Waals surface area contributed by atoms with Crippen LogP contribution in [0.2, 0.25) is 0 Å². The summed E-state index contributed by atoms with van der Waals surface area (Å²) in [5.41, 5.74) is 2.17. The molecule has 0 spiro atoms. The van der Waals surface area contributed by atoms with E-state index < -0.39 is 17.9 Å². The molecule has 1 aromatic heterocycles. The Morgan fingerprint density at radius 2 is 1.95 bits per heavy atom. The number of hydrogen-bond donors (Lipinski definition) is 2. The van der Waals surface area contributed by atoms with E-state index in [2.05, 4.69) is 10.3 Å². The molecule has 1 rings (SSSR count). The zero-order valence-electron chi connectivity index (χ0n) is 11.9. The number of aromatic nitrogens is 1. The van der Waals surface area contributed by atoms with E-state index in [4.69, 9.17) is 5.11 Å². The Labute approximate surface area is 117 Å². The van der Waals surface area contributed by atoms with Crippen molar-refractivity contribution in [1.82, 2.24) is 10.3 Å². The quantitative estimate of drug-likeness (QED) is 0.889. The number of carboxylic acid groups (broad SMARTS) is 1. The van der Waals surface area contributed by atoms with Crippen molar-refractivity contribution in [2.24, 2.45) is 5.92 Å². The standard InChI is InChI=1S/C13H20N2O3S/c1-7(12(17)18)8(2)15-11(16)9-10(13(3,4)5)14-6-19-9/h6-8H,1-5H3,(H,15,16)(H,17,18). The molecule has 2 unspecified atom stereocenters. The molecule has 0 saturated carbocycles. The van der Waals surface area contributed by atoms with Crippen LogP contribution in [0.1, 0.15) is 50.0 Å². The van der Waals surface area contributed by atoms with Gasteiger partial charge in [-0.3, -0.25) is 9.59 Å². The Morgan fingerprint density at radius 3 is 2.42 bits per heavy atom. The van der Waals surface area contributed by atoms with Crippen LogP contribution in [0.5, 0.6) is 0 Å². The molecule has 0 aliphatic rings. The van der Waals surface area contributed by atoms with E-state index in [1.165, 1.54) is 11.3 Å². The van der Waals surface area contributed by atoms with Gasteiger partial charge in [0, 0.05) is 11.5 Å². The third-order valence-corrected chi connectivity index (χ3v) is 3.81. The summed E-state index contributed by atoms with van der Waals surface area (Å²) in [5, 5.41) is 11.6. The van der Waals surface area contributed by atoms with Gasteiger partial charge in [-0.1, -0.05) is 20.8 Å². The summed E-state index contributed by atoms with van der Waals surface area (Å²) in [5.74, 6) is -1.81.